The lowest BCUT2D eigenvalue weighted by molar-refractivity contribution is 0.182. The minimum absolute atomic E-state index is 0.171. The SMILES string of the molecule is CCCN1CCC(Cc2noc(-c3c(C)cc(C)[nH]c3=O)n2)CC1. The molecule has 1 fully saturated rings. The number of rotatable bonds is 5. The maximum Gasteiger partial charge on any atom is 0.263 e. The van der Waals surface area contributed by atoms with Crippen LogP contribution in [0.4, 0.5) is 0 Å². The Labute approximate surface area is 142 Å². The number of pyridine rings is 1. The summed E-state index contributed by atoms with van der Waals surface area (Å²) in [5.41, 5.74) is 2.01. The highest BCUT2D eigenvalue weighted by Gasteiger charge is 2.22. The average Bonchev–Trinajstić information content (AvgIpc) is 2.96. The zero-order chi connectivity index (χ0) is 17.1. The first-order valence-corrected chi connectivity index (χ1v) is 8.82. The number of nitrogens with zero attached hydrogens (tertiary/aromatic N) is 3. The van der Waals surface area contributed by atoms with Crippen molar-refractivity contribution in [2.24, 2.45) is 5.92 Å². The topological polar surface area (TPSA) is 75.0 Å². The fourth-order valence-corrected chi connectivity index (χ4v) is 3.55. The summed E-state index contributed by atoms with van der Waals surface area (Å²) in [6.07, 6.45) is 4.39. The van der Waals surface area contributed by atoms with Gasteiger partial charge in [-0.15, -0.1) is 0 Å². The van der Waals surface area contributed by atoms with Gasteiger partial charge >= 0.3 is 0 Å². The van der Waals surface area contributed by atoms with Crippen LogP contribution in [0.1, 0.15) is 43.3 Å². The summed E-state index contributed by atoms with van der Waals surface area (Å²) in [6, 6.07) is 1.92. The monoisotopic (exact) mass is 330 g/mol. The molecule has 0 saturated carbocycles. The third-order valence-electron chi connectivity index (χ3n) is 4.77. The second kappa shape index (κ2) is 7.30. The van der Waals surface area contributed by atoms with Gasteiger partial charge in [0.2, 0.25) is 0 Å². The number of piperidine rings is 1. The van der Waals surface area contributed by atoms with Gasteiger partial charge in [-0.2, -0.15) is 4.98 Å². The van der Waals surface area contributed by atoms with E-state index in [-0.39, 0.29) is 5.56 Å². The standard InChI is InChI=1S/C18H26N4O2/c1-4-7-22-8-5-14(6-9-22)11-15-20-18(24-21-15)16-12(2)10-13(3)19-17(16)23/h10,14H,4-9,11H2,1-3H3,(H,19,23). The molecule has 3 heterocycles. The third-order valence-corrected chi connectivity index (χ3v) is 4.77. The molecule has 130 valence electrons. The van der Waals surface area contributed by atoms with Crippen molar-refractivity contribution in [1.29, 1.82) is 0 Å². The molecule has 1 aliphatic heterocycles. The lowest BCUT2D eigenvalue weighted by Crippen LogP contribution is -2.34. The van der Waals surface area contributed by atoms with Crippen molar-refractivity contribution in [2.45, 2.75) is 46.5 Å². The summed E-state index contributed by atoms with van der Waals surface area (Å²) in [5.74, 6) is 1.63. The first kappa shape index (κ1) is 16.9. The van der Waals surface area contributed by atoms with E-state index in [2.05, 4.69) is 26.9 Å². The van der Waals surface area contributed by atoms with Gasteiger partial charge in [-0.3, -0.25) is 4.79 Å². The number of aryl methyl sites for hydroxylation is 2. The average molecular weight is 330 g/mol. The molecule has 2 aromatic rings. The van der Waals surface area contributed by atoms with E-state index < -0.39 is 0 Å². The van der Waals surface area contributed by atoms with Crippen LogP contribution in [-0.2, 0) is 6.42 Å². The number of hydrogen-bond donors (Lipinski definition) is 1. The fraction of sp³-hybridized carbons (Fsp3) is 0.611. The van der Waals surface area contributed by atoms with Crippen molar-refractivity contribution >= 4 is 0 Å². The van der Waals surface area contributed by atoms with E-state index in [1.807, 2.05) is 19.9 Å². The first-order valence-electron chi connectivity index (χ1n) is 8.82. The summed E-state index contributed by atoms with van der Waals surface area (Å²) in [6.45, 7) is 9.48. The largest absolute Gasteiger partial charge is 0.334 e. The predicted octanol–water partition coefficient (Wildman–Crippen LogP) is 2.71. The molecule has 0 atom stereocenters. The van der Waals surface area contributed by atoms with Crippen molar-refractivity contribution in [1.82, 2.24) is 20.0 Å². The Hall–Kier alpha value is -1.95. The van der Waals surface area contributed by atoms with Crippen LogP contribution in [0.25, 0.3) is 11.5 Å². The second-order valence-corrected chi connectivity index (χ2v) is 6.84. The molecule has 6 nitrogen and oxygen atoms in total. The fourth-order valence-electron chi connectivity index (χ4n) is 3.55. The van der Waals surface area contributed by atoms with E-state index in [9.17, 15) is 4.79 Å². The Morgan fingerprint density at radius 1 is 1.33 bits per heavy atom. The van der Waals surface area contributed by atoms with Crippen LogP contribution in [0.5, 0.6) is 0 Å². The van der Waals surface area contributed by atoms with E-state index in [1.54, 1.807) is 0 Å². The molecule has 1 N–H and O–H groups in total. The molecule has 0 spiro atoms. The number of aromatic amines is 1. The molecule has 6 heteroatoms. The van der Waals surface area contributed by atoms with Gasteiger partial charge in [0.15, 0.2) is 5.82 Å². The van der Waals surface area contributed by atoms with E-state index in [0.29, 0.717) is 23.2 Å². The predicted molar refractivity (Wildman–Crippen MR) is 93.0 cm³/mol. The van der Waals surface area contributed by atoms with Gasteiger partial charge in [0, 0.05) is 12.1 Å². The molecule has 0 radical (unpaired) electrons. The Morgan fingerprint density at radius 3 is 2.75 bits per heavy atom. The highest BCUT2D eigenvalue weighted by atomic mass is 16.5. The Balaban J connectivity index is 1.68. The van der Waals surface area contributed by atoms with Crippen LogP contribution in [0.15, 0.2) is 15.4 Å². The number of aromatic nitrogens is 3. The molecule has 1 aliphatic rings. The maximum absolute atomic E-state index is 12.2. The zero-order valence-electron chi connectivity index (χ0n) is 14.8. The molecule has 1 saturated heterocycles. The molecule has 0 amide bonds. The third kappa shape index (κ3) is 3.75. The van der Waals surface area contributed by atoms with Gasteiger partial charge in [0.1, 0.15) is 5.56 Å². The lowest BCUT2D eigenvalue weighted by atomic mass is 9.93. The van der Waals surface area contributed by atoms with Crippen molar-refractivity contribution in [2.75, 3.05) is 19.6 Å². The van der Waals surface area contributed by atoms with Gasteiger partial charge in [-0.25, -0.2) is 0 Å². The van der Waals surface area contributed by atoms with Crippen molar-refractivity contribution < 1.29 is 4.52 Å². The molecule has 0 bridgehead atoms. The normalized spacial score (nSPS) is 16.6. The summed E-state index contributed by atoms with van der Waals surface area (Å²) < 4.78 is 5.36. The van der Waals surface area contributed by atoms with Gasteiger partial charge in [0.25, 0.3) is 11.4 Å². The Kier molecular flexibility index (Phi) is 5.14. The minimum Gasteiger partial charge on any atom is -0.334 e. The van der Waals surface area contributed by atoms with Gasteiger partial charge in [-0.05, 0) is 70.3 Å². The van der Waals surface area contributed by atoms with E-state index in [1.165, 1.54) is 25.8 Å². The van der Waals surface area contributed by atoms with Crippen LogP contribution in [0.2, 0.25) is 0 Å². The number of nitrogens with one attached hydrogen (secondary N) is 1. The highest BCUT2D eigenvalue weighted by Crippen LogP contribution is 2.23. The maximum atomic E-state index is 12.2. The number of likely N-dealkylation sites (tertiary alicyclic amines) is 1. The van der Waals surface area contributed by atoms with Gasteiger partial charge < -0.3 is 14.4 Å². The van der Waals surface area contributed by atoms with Gasteiger partial charge in [-0.1, -0.05) is 12.1 Å². The lowest BCUT2D eigenvalue weighted by Gasteiger charge is -2.31. The highest BCUT2D eigenvalue weighted by molar-refractivity contribution is 5.56. The van der Waals surface area contributed by atoms with Crippen LogP contribution in [0, 0.1) is 19.8 Å². The van der Waals surface area contributed by atoms with Crippen LogP contribution >= 0.6 is 0 Å². The summed E-state index contributed by atoms with van der Waals surface area (Å²) in [4.78, 5) is 22.0. The van der Waals surface area contributed by atoms with E-state index in [0.717, 1.165) is 30.8 Å². The molecular formula is C18H26N4O2. The van der Waals surface area contributed by atoms with Crippen molar-refractivity contribution in [3.05, 3.63) is 33.5 Å². The van der Waals surface area contributed by atoms with Crippen LogP contribution in [0.3, 0.4) is 0 Å². The van der Waals surface area contributed by atoms with Crippen LogP contribution < -0.4 is 5.56 Å². The first-order chi connectivity index (χ1) is 11.6. The Morgan fingerprint density at radius 2 is 2.08 bits per heavy atom. The van der Waals surface area contributed by atoms with Crippen LogP contribution in [-0.4, -0.2) is 39.7 Å². The zero-order valence-corrected chi connectivity index (χ0v) is 14.8. The minimum atomic E-state index is -0.171. The van der Waals surface area contributed by atoms with E-state index in [4.69, 9.17) is 4.52 Å². The molecule has 2 aromatic heterocycles. The Bertz CT molecular complexity index is 742. The quantitative estimate of drug-likeness (QED) is 0.912. The summed E-state index contributed by atoms with van der Waals surface area (Å²) in [5, 5.41) is 4.09. The smallest absolute Gasteiger partial charge is 0.263 e. The summed E-state index contributed by atoms with van der Waals surface area (Å²) in [7, 11) is 0. The molecule has 24 heavy (non-hydrogen) atoms. The molecule has 0 aromatic carbocycles. The summed E-state index contributed by atoms with van der Waals surface area (Å²) >= 11 is 0. The number of hydrogen-bond acceptors (Lipinski definition) is 5. The van der Waals surface area contributed by atoms with E-state index >= 15 is 0 Å². The van der Waals surface area contributed by atoms with Gasteiger partial charge in [0.05, 0.1) is 0 Å². The van der Waals surface area contributed by atoms with Crippen molar-refractivity contribution in [3.8, 4) is 11.5 Å². The molecule has 3 rings (SSSR count). The number of H-pyrrole nitrogens is 1. The molecular weight excluding hydrogens is 304 g/mol. The molecule has 0 unspecified atom stereocenters. The second-order valence-electron chi connectivity index (χ2n) is 6.84. The van der Waals surface area contributed by atoms with Crippen molar-refractivity contribution in [3.63, 3.8) is 0 Å². The molecule has 0 aliphatic carbocycles.